The van der Waals surface area contributed by atoms with Gasteiger partial charge in [0.15, 0.2) is 0 Å². The van der Waals surface area contributed by atoms with Crippen LogP contribution in [0.25, 0.3) is 0 Å². The number of unbranched alkanes of at least 4 members (excludes halogenated alkanes) is 10. The number of hydrogen-bond donors (Lipinski definition) is 1. The van der Waals surface area contributed by atoms with Crippen LogP contribution in [0.2, 0.25) is 0 Å². The molecule has 1 N–H and O–H groups in total. The first-order valence-electron chi connectivity index (χ1n) is 9.82. The van der Waals surface area contributed by atoms with E-state index in [0.29, 0.717) is 6.42 Å². The van der Waals surface area contributed by atoms with Crippen molar-refractivity contribution in [1.82, 2.24) is 0 Å². The Kier molecular flexibility index (Phi) is 26.6. The van der Waals surface area contributed by atoms with Crippen molar-refractivity contribution in [3.8, 4) is 0 Å². The van der Waals surface area contributed by atoms with E-state index in [4.69, 9.17) is 9.84 Å². The molecular weight excluding hydrogens is 421 g/mol. The van der Waals surface area contributed by atoms with Gasteiger partial charge < -0.3 is 28.7 Å². The van der Waals surface area contributed by atoms with Crippen molar-refractivity contribution in [2.24, 2.45) is 0 Å². The van der Waals surface area contributed by atoms with Crippen molar-refractivity contribution in [2.75, 3.05) is 6.61 Å². The van der Waals surface area contributed by atoms with Crippen LogP contribution in [0, 0.1) is 0 Å². The molecule has 0 aliphatic rings. The van der Waals surface area contributed by atoms with E-state index in [1.807, 2.05) is 0 Å². The molecule has 11 heteroatoms. The molecule has 0 rings (SSSR count). The predicted molar refractivity (Wildman–Crippen MR) is 96.8 cm³/mol. The molecule has 1 atom stereocenters. The molecular formula is C18H33Na2O8P. The molecule has 0 aliphatic heterocycles. The van der Waals surface area contributed by atoms with Crippen molar-refractivity contribution in [3.05, 3.63) is 0 Å². The molecule has 0 fully saturated rings. The Morgan fingerprint density at radius 2 is 1.34 bits per heavy atom. The van der Waals surface area contributed by atoms with Crippen LogP contribution in [0.3, 0.4) is 0 Å². The van der Waals surface area contributed by atoms with Gasteiger partial charge in [0.1, 0.15) is 6.10 Å². The number of phosphoric ester groups is 1. The maximum absolute atomic E-state index is 11.7. The summed E-state index contributed by atoms with van der Waals surface area (Å²) in [5.41, 5.74) is 0. The normalized spacial score (nSPS) is 11.8. The van der Waals surface area contributed by atoms with E-state index in [0.717, 1.165) is 19.3 Å². The topological polar surface area (TPSA) is 136 Å². The van der Waals surface area contributed by atoms with Gasteiger partial charge >= 0.3 is 71.1 Å². The summed E-state index contributed by atoms with van der Waals surface area (Å²) in [5.74, 6) is -1.90. The third kappa shape index (κ3) is 27.0. The van der Waals surface area contributed by atoms with Gasteiger partial charge in [-0.2, -0.15) is 0 Å². The number of rotatable bonds is 18. The van der Waals surface area contributed by atoms with E-state index in [1.165, 1.54) is 44.9 Å². The average Bonchev–Trinajstić information content (AvgIpc) is 2.56. The van der Waals surface area contributed by atoms with E-state index < -0.39 is 38.9 Å². The van der Waals surface area contributed by atoms with Crippen LogP contribution in [0.4, 0.5) is 0 Å². The Morgan fingerprint density at radius 3 is 1.76 bits per heavy atom. The molecule has 0 saturated heterocycles. The van der Waals surface area contributed by atoms with Gasteiger partial charge in [0, 0.05) is 6.42 Å². The van der Waals surface area contributed by atoms with Crippen LogP contribution in [0.1, 0.15) is 90.4 Å². The molecule has 0 spiro atoms. The van der Waals surface area contributed by atoms with Crippen molar-refractivity contribution in [2.45, 2.75) is 96.5 Å². The largest absolute Gasteiger partial charge is 1.00 e. The van der Waals surface area contributed by atoms with Gasteiger partial charge in [0.2, 0.25) is 0 Å². The summed E-state index contributed by atoms with van der Waals surface area (Å²) < 4.78 is 19.4. The van der Waals surface area contributed by atoms with E-state index >= 15 is 0 Å². The molecule has 29 heavy (non-hydrogen) atoms. The second-order valence-electron chi connectivity index (χ2n) is 6.74. The fourth-order valence-electron chi connectivity index (χ4n) is 2.68. The first kappa shape index (κ1) is 34.7. The summed E-state index contributed by atoms with van der Waals surface area (Å²) in [7, 11) is -5.24. The van der Waals surface area contributed by atoms with Gasteiger partial charge in [-0.05, 0) is 6.42 Å². The molecule has 0 aliphatic carbocycles. The molecule has 0 aromatic heterocycles. The minimum absolute atomic E-state index is 0. The van der Waals surface area contributed by atoms with Crippen LogP contribution >= 0.6 is 7.82 Å². The number of carboxylic acids is 1. The minimum Gasteiger partial charge on any atom is -0.790 e. The maximum Gasteiger partial charge on any atom is 1.00 e. The number of hydrogen-bond acceptors (Lipinski definition) is 7. The Bertz CT molecular complexity index is 459. The molecule has 0 saturated carbocycles. The third-order valence-electron chi connectivity index (χ3n) is 4.10. The molecule has 0 amide bonds. The Hall–Kier alpha value is 1.05. The molecule has 0 heterocycles. The summed E-state index contributed by atoms with van der Waals surface area (Å²) in [6, 6.07) is 0. The second kappa shape index (κ2) is 22.3. The van der Waals surface area contributed by atoms with E-state index in [9.17, 15) is 23.9 Å². The van der Waals surface area contributed by atoms with Crippen molar-refractivity contribution < 1.29 is 97.4 Å². The fourth-order valence-corrected chi connectivity index (χ4v) is 3.03. The van der Waals surface area contributed by atoms with Gasteiger partial charge in [-0.3, -0.25) is 9.59 Å². The number of carboxylic acid groups (broad SMARTS) is 1. The maximum atomic E-state index is 11.7. The Balaban J connectivity index is -0.00000338. The zero-order valence-electron chi connectivity index (χ0n) is 18.2. The number of ether oxygens (including phenoxy) is 1. The zero-order chi connectivity index (χ0) is 20.5. The SMILES string of the molecule is CCCCCCCCCCCCCC(=O)O[C@H](COP(=O)([O-])[O-])CC(=O)O.[Na+].[Na+]. The fraction of sp³-hybridized carbons (Fsp3) is 0.889. The first-order chi connectivity index (χ1) is 12.7. The average molecular weight is 454 g/mol. The molecule has 0 radical (unpaired) electrons. The number of phosphoric acid groups is 1. The number of esters is 1. The van der Waals surface area contributed by atoms with Crippen molar-refractivity contribution >= 4 is 19.8 Å². The van der Waals surface area contributed by atoms with Crippen molar-refractivity contribution in [3.63, 3.8) is 0 Å². The number of carbonyl (C=O) groups is 2. The molecule has 0 aromatic rings. The predicted octanol–water partition coefficient (Wildman–Crippen LogP) is -3.07. The van der Waals surface area contributed by atoms with Crippen LogP contribution in [-0.4, -0.2) is 29.8 Å². The Morgan fingerprint density at radius 1 is 0.897 bits per heavy atom. The summed E-state index contributed by atoms with van der Waals surface area (Å²) in [6.07, 6.45) is 10.8. The summed E-state index contributed by atoms with van der Waals surface area (Å²) in [5, 5.41) is 8.73. The van der Waals surface area contributed by atoms with E-state index in [2.05, 4.69) is 11.4 Å². The minimum atomic E-state index is -5.24. The molecule has 8 nitrogen and oxygen atoms in total. The second-order valence-corrected chi connectivity index (χ2v) is 7.89. The molecule has 160 valence electrons. The summed E-state index contributed by atoms with van der Waals surface area (Å²) in [4.78, 5) is 43.3. The van der Waals surface area contributed by atoms with Gasteiger partial charge in [0.05, 0.1) is 20.9 Å². The van der Waals surface area contributed by atoms with Crippen LogP contribution in [0.5, 0.6) is 0 Å². The van der Waals surface area contributed by atoms with E-state index in [1.54, 1.807) is 0 Å². The zero-order valence-corrected chi connectivity index (χ0v) is 23.1. The first-order valence-corrected chi connectivity index (χ1v) is 11.3. The van der Waals surface area contributed by atoms with Crippen LogP contribution in [0.15, 0.2) is 0 Å². The molecule has 0 unspecified atom stereocenters. The van der Waals surface area contributed by atoms with Crippen molar-refractivity contribution in [1.29, 1.82) is 0 Å². The van der Waals surface area contributed by atoms with Gasteiger partial charge in [-0.1, -0.05) is 71.1 Å². The standard InChI is InChI=1S/C18H35O8P.2Na/c1-2-3-4-5-6-7-8-9-10-11-12-13-18(21)26-16(14-17(19)20)15-25-27(22,23)24;;/h16H,2-15H2,1H3,(H,19,20)(H2,22,23,24);;/q;2*+1/p-2/t16-;;/m0../s1. The quantitative estimate of drug-likeness (QED) is 0.0997. The smallest absolute Gasteiger partial charge is 0.790 e. The number of carbonyl (C=O) groups excluding carboxylic acids is 1. The summed E-state index contributed by atoms with van der Waals surface area (Å²) >= 11 is 0. The third-order valence-corrected chi connectivity index (χ3v) is 4.57. The van der Waals surface area contributed by atoms with Gasteiger partial charge in [-0.25, -0.2) is 0 Å². The van der Waals surface area contributed by atoms with Gasteiger partial charge in [0.25, 0.3) is 0 Å². The number of aliphatic carboxylic acids is 1. The van der Waals surface area contributed by atoms with E-state index in [-0.39, 0.29) is 65.5 Å². The summed E-state index contributed by atoms with van der Waals surface area (Å²) in [6.45, 7) is 1.42. The Labute approximate surface area is 218 Å². The molecule has 0 bridgehead atoms. The van der Waals surface area contributed by atoms with Crippen LogP contribution in [-0.2, 0) is 23.4 Å². The monoisotopic (exact) mass is 454 g/mol. The van der Waals surface area contributed by atoms with Crippen LogP contribution < -0.4 is 68.9 Å². The van der Waals surface area contributed by atoms with Gasteiger partial charge in [-0.15, -0.1) is 0 Å². The molecule has 0 aromatic carbocycles.